The fourth-order valence-electron chi connectivity index (χ4n) is 1.77. The minimum atomic E-state index is -3.73. The van der Waals surface area contributed by atoms with Crippen LogP contribution in [0.25, 0.3) is 0 Å². The Bertz CT molecular complexity index is 258. The molecule has 18 heavy (non-hydrogen) atoms. The van der Waals surface area contributed by atoms with Gasteiger partial charge in [0.1, 0.15) is 0 Å². The van der Waals surface area contributed by atoms with Crippen LogP contribution < -0.4 is 29.6 Å². The van der Waals surface area contributed by atoms with Gasteiger partial charge in [0, 0.05) is 0 Å². The molecule has 0 bridgehead atoms. The van der Waals surface area contributed by atoms with Crippen LogP contribution in [0, 0.1) is 0 Å². The molecule has 1 N–H and O–H groups in total. The molecule has 0 aliphatic carbocycles. The molecule has 0 aliphatic rings. The van der Waals surface area contributed by atoms with Gasteiger partial charge in [-0.25, -0.2) is 0 Å². The van der Waals surface area contributed by atoms with Crippen molar-refractivity contribution in [3.63, 3.8) is 0 Å². The van der Waals surface area contributed by atoms with Crippen LogP contribution in [0.15, 0.2) is 0 Å². The predicted molar refractivity (Wildman–Crippen MR) is 77.3 cm³/mol. The molecule has 104 valence electrons. The largest absolute Gasteiger partial charge is 2.00 e. The first-order chi connectivity index (χ1) is 7.56. The van der Waals surface area contributed by atoms with Gasteiger partial charge in [-0.3, -0.25) is 4.55 Å². The molecule has 0 aromatic rings. The smallest absolute Gasteiger partial charge is 1.00 e. The van der Waals surface area contributed by atoms with E-state index in [0.29, 0.717) is 6.42 Å². The monoisotopic (exact) mass is 300 g/mol. The first-order valence-electron chi connectivity index (χ1n) is 6.51. The molecule has 0 aromatic carbocycles. The summed E-state index contributed by atoms with van der Waals surface area (Å²) in [5.41, 5.74) is 0. The van der Waals surface area contributed by atoms with Gasteiger partial charge in [0.2, 0.25) is 0 Å². The fraction of sp³-hybridized carbons (Fsp3) is 1.00. The maximum Gasteiger partial charge on any atom is 2.00 e. The van der Waals surface area contributed by atoms with Crippen molar-refractivity contribution in [2.24, 2.45) is 0 Å². The maximum absolute atomic E-state index is 10.4. The van der Waals surface area contributed by atoms with Crippen LogP contribution in [0.5, 0.6) is 0 Å². The van der Waals surface area contributed by atoms with Crippen LogP contribution >= 0.6 is 0 Å². The minimum Gasteiger partial charge on any atom is -1.00 e. The Kier molecular flexibility index (Phi) is 22.9. The molecule has 0 unspecified atom stereocenters. The van der Waals surface area contributed by atoms with Crippen LogP contribution in [-0.2, 0) is 10.1 Å². The Morgan fingerprint density at radius 1 is 0.833 bits per heavy atom. The molecule has 0 amide bonds. The van der Waals surface area contributed by atoms with E-state index in [2.05, 4.69) is 6.92 Å². The van der Waals surface area contributed by atoms with E-state index < -0.39 is 10.1 Å². The maximum atomic E-state index is 10.4. The molecule has 0 saturated carbocycles. The van der Waals surface area contributed by atoms with Crippen molar-refractivity contribution in [3.8, 4) is 0 Å². The molecule has 6 heteroatoms. The number of rotatable bonds is 11. The normalized spacial score (nSPS) is 10.6. The summed E-state index contributed by atoms with van der Waals surface area (Å²) in [6.07, 6.45) is 11.7. The summed E-state index contributed by atoms with van der Waals surface area (Å²) in [4.78, 5) is 0. The van der Waals surface area contributed by atoms with Gasteiger partial charge in [0.05, 0.1) is 5.75 Å². The summed E-state index contributed by atoms with van der Waals surface area (Å²) < 4.78 is 29.4. The minimum absolute atomic E-state index is 0. The summed E-state index contributed by atoms with van der Waals surface area (Å²) in [5, 5.41) is 0. The standard InChI is InChI=1S/C12H26O3S.Mg.Na.3H/c1-2-3-4-5-6-7-8-9-10-11-12-16(13,14)15;;;;;/h2-12H2,1H3,(H,13,14,15);;;;;/q;+2;+1;3*-1. The van der Waals surface area contributed by atoms with Gasteiger partial charge in [0.25, 0.3) is 10.1 Å². The van der Waals surface area contributed by atoms with Crippen LogP contribution in [0.2, 0.25) is 0 Å². The van der Waals surface area contributed by atoms with Crippen molar-refractivity contribution in [1.82, 2.24) is 0 Å². The molecule has 0 aliphatic heterocycles. The van der Waals surface area contributed by atoms with E-state index in [-0.39, 0.29) is 62.6 Å². The second-order valence-electron chi connectivity index (χ2n) is 4.47. The first kappa shape index (κ1) is 24.7. The summed E-state index contributed by atoms with van der Waals surface area (Å²) in [6, 6.07) is 0. The molecule has 3 nitrogen and oxygen atoms in total. The third kappa shape index (κ3) is 22.8. The van der Waals surface area contributed by atoms with Crippen LogP contribution in [0.3, 0.4) is 0 Å². The summed E-state index contributed by atoms with van der Waals surface area (Å²) in [5.74, 6) is -0.0799. The molecule has 0 radical (unpaired) electrons. The van der Waals surface area contributed by atoms with E-state index in [1.165, 1.54) is 44.9 Å². The van der Waals surface area contributed by atoms with Crippen molar-refractivity contribution >= 4 is 33.2 Å². The molecular weight excluding hydrogens is 271 g/mol. The SMILES string of the molecule is CCCCCCCCCCCCS(=O)(=O)O.[H-].[H-].[H-].[Mg+2].[Na+]. The molecule has 0 spiro atoms. The Labute approximate surface area is 156 Å². The third-order valence-corrected chi connectivity index (χ3v) is 3.56. The second-order valence-corrected chi connectivity index (χ2v) is 6.04. The Morgan fingerprint density at radius 3 is 1.50 bits per heavy atom. The van der Waals surface area contributed by atoms with E-state index >= 15 is 0 Å². The van der Waals surface area contributed by atoms with E-state index in [4.69, 9.17) is 4.55 Å². The zero-order chi connectivity index (χ0) is 12.3. The molecule has 0 fully saturated rings. The number of hydrogen-bond donors (Lipinski definition) is 1. The Balaban J connectivity index is -0.000000112. The molecule has 0 atom stereocenters. The average molecular weight is 301 g/mol. The molecule has 0 aromatic heterocycles. The Hall–Kier alpha value is 1.68. The van der Waals surface area contributed by atoms with Crippen molar-refractivity contribution in [3.05, 3.63) is 0 Å². The van der Waals surface area contributed by atoms with Crippen molar-refractivity contribution < 1.29 is 46.8 Å². The van der Waals surface area contributed by atoms with Gasteiger partial charge < -0.3 is 4.28 Å². The van der Waals surface area contributed by atoms with E-state index in [9.17, 15) is 8.42 Å². The molecule has 0 rings (SSSR count). The number of hydrogen-bond acceptors (Lipinski definition) is 2. The van der Waals surface area contributed by atoms with Gasteiger partial charge in [-0.2, -0.15) is 8.42 Å². The summed E-state index contributed by atoms with van der Waals surface area (Å²) in [6.45, 7) is 2.22. The first-order valence-corrected chi connectivity index (χ1v) is 8.12. The Morgan fingerprint density at radius 2 is 1.17 bits per heavy atom. The van der Waals surface area contributed by atoms with Gasteiger partial charge in [0.15, 0.2) is 0 Å². The average Bonchev–Trinajstić information content (AvgIpc) is 2.19. The zero-order valence-electron chi connectivity index (χ0n) is 15.2. The van der Waals surface area contributed by atoms with Gasteiger partial charge in [-0.1, -0.05) is 64.7 Å². The molecular formula is C12H29MgNaO3S. The van der Waals surface area contributed by atoms with Crippen LogP contribution in [-0.4, -0.2) is 41.8 Å². The van der Waals surface area contributed by atoms with Gasteiger partial charge >= 0.3 is 52.6 Å². The van der Waals surface area contributed by atoms with E-state index in [1.54, 1.807) is 0 Å². The van der Waals surface area contributed by atoms with Gasteiger partial charge in [-0.05, 0) is 6.42 Å². The van der Waals surface area contributed by atoms with Crippen LogP contribution in [0.1, 0.15) is 75.4 Å². The third-order valence-electron chi connectivity index (χ3n) is 2.76. The van der Waals surface area contributed by atoms with E-state index in [0.717, 1.165) is 12.8 Å². The molecule has 0 heterocycles. The van der Waals surface area contributed by atoms with Crippen LogP contribution in [0.4, 0.5) is 0 Å². The fourth-order valence-corrected chi connectivity index (χ4v) is 2.34. The zero-order valence-corrected chi connectivity index (χ0v) is 16.4. The van der Waals surface area contributed by atoms with Crippen molar-refractivity contribution in [2.45, 2.75) is 71.1 Å². The quantitative estimate of drug-likeness (QED) is 0.348. The predicted octanol–water partition coefficient (Wildman–Crippen LogP) is 0.756. The second kappa shape index (κ2) is 16.7. The molecule has 0 saturated heterocycles. The topological polar surface area (TPSA) is 54.4 Å². The summed E-state index contributed by atoms with van der Waals surface area (Å²) in [7, 11) is -3.73. The number of unbranched alkanes of at least 4 members (excludes halogenated alkanes) is 9. The van der Waals surface area contributed by atoms with Crippen molar-refractivity contribution in [2.75, 3.05) is 5.75 Å². The summed E-state index contributed by atoms with van der Waals surface area (Å²) >= 11 is 0. The van der Waals surface area contributed by atoms with Crippen molar-refractivity contribution in [1.29, 1.82) is 0 Å². The van der Waals surface area contributed by atoms with Gasteiger partial charge in [-0.15, -0.1) is 0 Å². The van der Waals surface area contributed by atoms with E-state index in [1.807, 2.05) is 0 Å².